The molecule has 0 saturated carbocycles. The first kappa shape index (κ1) is 11.4. The average Bonchev–Trinajstić information content (AvgIpc) is 2.61. The lowest BCUT2D eigenvalue weighted by molar-refractivity contribution is 0.328. The van der Waals surface area contributed by atoms with Crippen LogP contribution >= 0.6 is 15.9 Å². The zero-order chi connectivity index (χ0) is 11.7. The molecule has 2 heterocycles. The predicted molar refractivity (Wildman–Crippen MR) is 65.9 cm³/mol. The molecule has 2 aromatic heterocycles. The lowest BCUT2D eigenvalue weighted by Gasteiger charge is -2.03. The first-order chi connectivity index (χ1) is 7.61. The molecule has 0 radical (unpaired) electrons. The van der Waals surface area contributed by atoms with Gasteiger partial charge in [0.25, 0.3) is 5.88 Å². The molecule has 2 rings (SSSR count). The SMILES string of the molecule is CCOc1nc(Br)cn2cc(C(C)C)nc12. The summed E-state index contributed by atoms with van der Waals surface area (Å²) in [6.07, 6.45) is 3.89. The van der Waals surface area contributed by atoms with E-state index in [4.69, 9.17) is 4.74 Å². The molecule has 0 aliphatic carbocycles. The Hall–Kier alpha value is -1.10. The first-order valence-corrected chi connectivity index (χ1v) is 6.09. The number of ether oxygens (including phenoxy) is 1. The van der Waals surface area contributed by atoms with Gasteiger partial charge in [0, 0.05) is 12.4 Å². The summed E-state index contributed by atoms with van der Waals surface area (Å²) in [6.45, 7) is 6.75. The molecule has 0 aromatic carbocycles. The zero-order valence-corrected chi connectivity index (χ0v) is 11.2. The molecule has 0 unspecified atom stereocenters. The van der Waals surface area contributed by atoms with Gasteiger partial charge in [-0.15, -0.1) is 0 Å². The molecule has 0 saturated heterocycles. The standard InChI is InChI=1S/C11H14BrN3O/c1-4-16-11-10-13-8(7(2)3)5-15(10)6-9(12)14-11/h5-7H,4H2,1-3H3. The van der Waals surface area contributed by atoms with Crippen molar-refractivity contribution in [2.75, 3.05) is 6.61 Å². The van der Waals surface area contributed by atoms with E-state index >= 15 is 0 Å². The first-order valence-electron chi connectivity index (χ1n) is 5.29. The van der Waals surface area contributed by atoms with E-state index < -0.39 is 0 Å². The van der Waals surface area contributed by atoms with E-state index in [1.807, 2.05) is 23.7 Å². The summed E-state index contributed by atoms with van der Waals surface area (Å²) in [5, 5.41) is 0. The van der Waals surface area contributed by atoms with E-state index in [0.29, 0.717) is 18.4 Å². The van der Waals surface area contributed by atoms with Crippen LogP contribution in [0.5, 0.6) is 5.88 Å². The van der Waals surface area contributed by atoms with Crippen LogP contribution in [0.15, 0.2) is 17.0 Å². The molecule has 0 spiro atoms. The van der Waals surface area contributed by atoms with Gasteiger partial charge in [-0.2, -0.15) is 0 Å². The minimum Gasteiger partial charge on any atom is -0.475 e. The number of fused-ring (bicyclic) bond motifs is 1. The Morgan fingerprint density at radius 3 is 2.75 bits per heavy atom. The number of aromatic nitrogens is 3. The van der Waals surface area contributed by atoms with Crippen LogP contribution in [-0.4, -0.2) is 21.0 Å². The molecule has 16 heavy (non-hydrogen) atoms. The maximum atomic E-state index is 5.47. The normalized spacial score (nSPS) is 11.3. The van der Waals surface area contributed by atoms with Crippen LogP contribution < -0.4 is 4.74 Å². The van der Waals surface area contributed by atoms with Crippen molar-refractivity contribution in [2.24, 2.45) is 0 Å². The van der Waals surface area contributed by atoms with Crippen molar-refractivity contribution in [3.05, 3.63) is 22.7 Å². The highest BCUT2D eigenvalue weighted by Gasteiger charge is 2.11. The average molecular weight is 284 g/mol. The van der Waals surface area contributed by atoms with Gasteiger partial charge in [0.1, 0.15) is 4.60 Å². The van der Waals surface area contributed by atoms with Crippen molar-refractivity contribution in [1.29, 1.82) is 0 Å². The fourth-order valence-electron chi connectivity index (χ4n) is 1.47. The van der Waals surface area contributed by atoms with E-state index in [1.165, 1.54) is 0 Å². The lowest BCUT2D eigenvalue weighted by Crippen LogP contribution is -1.98. The molecule has 0 N–H and O–H groups in total. The number of rotatable bonds is 3. The summed E-state index contributed by atoms with van der Waals surface area (Å²) in [6, 6.07) is 0. The molecular formula is C11H14BrN3O. The minimum atomic E-state index is 0.396. The number of hydrogen-bond donors (Lipinski definition) is 0. The molecule has 0 amide bonds. The summed E-state index contributed by atoms with van der Waals surface area (Å²) in [5.74, 6) is 0.969. The molecule has 0 fully saturated rings. The van der Waals surface area contributed by atoms with Crippen LogP contribution in [0, 0.1) is 0 Å². The Morgan fingerprint density at radius 1 is 1.38 bits per heavy atom. The van der Waals surface area contributed by atoms with Crippen LogP contribution in [0.3, 0.4) is 0 Å². The molecule has 2 aromatic rings. The van der Waals surface area contributed by atoms with Gasteiger partial charge in [-0.3, -0.25) is 4.40 Å². The van der Waals surface area contributed by atoms with Crippen molar-refractivity contribution >= 4 is 21.6 Å². The largest absolute Gasteiger partial charge is 0.475 e. The minimum absolute atomic E-state index is 0.396. The van der Waals surface area contributed by atoms with Gasteiger partial charge in [-0.05, 0) is 28.8 Å². The molecule has 0 atom stereocenters. The van der Waals surface area contributed by atoms with E-state index in [2.05, 4.69) is 39.7 Å². The van der Waals surface area contributed by atoms with E-state index in [1.54, 1.807) is 0 Å². The summed E-state index contributed by atoms with van der Waals surface area (Å²) in [7, 11) is 0. The summed E-state index contributed by atoms with van der Waals surface area (Å²) < 4.78 is 8.16. The smallest absolute Gasteiger partial charge is 0.259 e. The molecule has 86 valence electrons. The molecule has 4 nitrogen and oxygen atoms in total. The highest BCUT2D eigenvalue weighted by atomic mass is 79.9. The van der Waals surface area contributed by atoms with Gasteiger partial charge in [0.05, 0.1) is 12.3 Å². The molecular weight excluding hydrogens is 270 g/mol. The van der Waals surface area contributed by atoms with E-state index in [0.717, 1.165) is 15.9 Å². The quantitative estimate of drug-likeness (QED) is 0.869. The number of halogens is 1. The van der Waals surface area contributed by atoms with Crippen LogP contribution in [0.1, 0.15) is 32.4 Å². The van der Waals surface area contributed by atoms with Crippen molar-refractivity contribution in [2.45, 2.75) is 26.7 Å². The maximum Gasteiger partial charge on any atom is 0.259 e. The van der Waals surface area contributed by atoms with E-state index in [9.17, 15) is 0 Å². The Kier molecular flexibility index (Phi) is 3.14. The van der Waals surface area contributed by atoms with Crippen LogP contribution in [0.25, 0.3) is 5.65 Å². The third kappa shape index (κ3) is 2.04. The Balaban J connectivity index is 2.60. The summed E-state index contributed by atoms with van der Waals surface area (Å²) in [5.41, 5.74) is 1.81. The number of imidazole rings is 1. The highest BCUT2D eigenvalue weighted by molar-refractivity contribution is 9.10. The molecule has 0 bridgehead atoms. The second-order valence-corrected chi connectivity index (χ2v) is 4.67. The lowest BCUT2D eigenvalue weighted by atomic mass is 10.2. The van der Waals surface area contributed by atoms with Gasteiger partial charge < -0.3 is 4.74 Å². The van der Waals surface area contributed by atoms with Crippen LogP contribution in [0.4, 0.5) is 0 Å². The number of hydrogen-bond acceptors (Lipinski definition) is 3. The predicted octanol–water partition coefficient (Wildman–Crippen LogP) is 3.01. The molecule has 0 aliphatic rings. The van der Waals surface area contributed by atoms with Crippen molar-refractivity contribution in [1.82, 2.24) is 14.4 Å². The van der Waals surface area contributed by atoms with Gasteiger partial charge in [0.15, 0.2) is 0 Å². The van der Waals surface area contributed by atoms with Gasteiger partial charge in [-0.25, -0.2) is 9.97 Å². The third-order valence-corrected chi connectivity index (χ3v) is 2.65. The summed E-state index contributed by atoms with van der Waals surface area (Å²) in [4.78, 5) is 8.80. The highest BCUT2D eigenvalue weighted by Crippen LogP contribution is 2.22. The van der Waals surface area contributed by atoms with Gasteiger partial charge >= 0.3 is 0 Å². The van der Waals surface area contributed by atoms with Gasteiger partial charge in [-0.1, -0.05) is 13.8 Å². The van der Waals surface area contributed by atoms with Gasteiger partial charge in [0.2, 0.25) is 5.65 Å². The fraction of sp³-hybridized carbons (Fsp3) is 0.455. The molecule has 0 aliphatic heterocycles. The van der Waals surface area contributed by atoms with Crippen LogP contribution in [-0.2, 0) is 0 Å². The second kappa shape index (κ2) is 4.41. The monoisotopic (exact) mass is 283 g/mol. The fourth-order valence-corrected chi connectivity index (χ4v) is 1.85. The number of nitrogens with zero attached hydrogens (tertiary/aromatic N) is 3. The Bertz CT molecular complexity index is 507. The summed E-state index contributed by atoms with van der Waals surface area (Å²) >= 11 is 3.36. The van der Waals surface area contributed by atoms with E-state index in [-0.39, 0.29) is 0 Å². The second-order valence-electron chi connectivity index (χ2n) is 3.85. The maximum absolute atomic E-state index is 5.47. The molecule has 5 heteroatoms. The van der Waals surface area contributed by atoms with Crippen molar-refractivity contribution in [3.63, 3.8) is 0 Å². The Labute approximate surface area is 103 Å². The van der Waals surface area contributed by atoms with Crippen molar-refractivity contribution in [3.8, 4) is 5.88 Å². The third-order valence-electron chi connectivity index (χ3n) is 2.27. The zero-order valence-electron chi connectivity index (χ0n) is 9.57. The topological polar surface area (TPSA) is 39.4 Å². The van der Waals surface area contributed by atoms with Crippen LogP contribution in [0.2, 0.25) is 0 Å². The van der Waals surface area contributed by atoms with Crippen molar-refractivity contribution < 1.29 is 4.74 Å². The Morgan fingerprint density at radius 2 is 2.12 bits per heavy atom.